The minimum absolute atomic E-state index is 0.0394. The molecule has 7 heteroatoms. The molecule has 2 aromatic carbocycles. The Labute approximate surface area is 173 Å². The van der Waals surface area contributed by atoms with Crippen molar-refractivity contribution < 1.29 is 9.21 Å². The van der Waals surface area contributed by atoms with Gasteiger partial charge in [-0.1, -0.05) is 60.3 Å². The molecule has 2 N–H and O–H groups in total. The Morgan fingerprint density at radius 3 is 2.79 bits per heavy atom. The lowest BCUT2D eigenvalue weighted by atomic mass is 10.1. The minimum Gasteiger partial charge on any atom is -0.411 e. The normalized spacial score (nSPS) is 12.2. The summed E-state index contributed by atoms with van der Waals surface area (Å²) in [4.78, 5) is 15.4. The maximum Gasteiger partial charge on any atom is 0.277 e. The zero-order valence-electron chi connectivity index (χ0n) is 16.1. The summed E-state index contributed by atoms with van der Waals surface area (Å²) in [6, 6.07) is 18.3. The van der Waals surface area contributed by atoms with Crippen LogP contribution < -0.4 is 5.32 Å². The van der Waals surface area contributed by atoms with Crippen molar-refractivity contribution in [2.45, 2.75) is 31.0 Å². The molecule has 4 aromatic rings. The van der Waals surface area contributed by atoms with Crippen LogP contribution in [-0.4, -0.2) is 32.9 Å². The van der Waals surface area contributed by atoms with Gasteiger partial charge in [0.1, 0.15) is 0 Å². The molecule has 2 aromatic heterocycles. The van der Waals surface area contributed by atoms with Gasteiger partial charge in [0.25, 0.3) is 11.1 Å². The molecule has 2 heterocycles. The summed E-state index contributed by atoms with van der Waals surface area (Å²) in [5.74, 6) is 0.648. The predicted octanol–water partition coefficient (Wildman–Crippen LogP) is 4.45. The number of aromatic amines is 1. The second-order valence-electron chi connectivity index (χ2n) is 6.90. The van der Waals surface area contributed by atoms with Crippen LogP contribution in [0.5, 0.6) is 0 Å². The van der Waals surface area contributed by atoms with Crippen LogP contribution in [0.4, 0.5) is 0 Å². The van der Waals surface area contributed by atoms with Crippen LogP contribution in [0.1, 0.15) is 18.9 Å². The lowest BCUT2D eigenvalue weighted by Gasteiger charge is -2.13. The van der Waals surface area contributed by atoms with Gasteiger partial charge in [0, 0.05) is 23.1 Å². The molecule has 1 amide bonds. The maximum absolute atomic E-state index is 12.2. The molecule has 29 heavy (non-hydrogen) atoms. The predicted molar refractivity (Wildman–Crippen MR) is 115 cm³/mol. The van der Waals surface area contributed by atoms with E-state index in [2.05, 4.69) is 32.6 Å². The van der Waals surface area contributed by atoms with Gasteiger partial charge in [-0.25, -0.2) is 0 Å². The number of amides is 1. The Bertz CT molecular complexity index is 1090. The number of fused-ring (bicyclic) bond motifs is 1. The van der Waals surface area contributed by atoms with Gasteiger partial charge < -0.3 is 14.7 Å². The van der Waals surface area contributed by atoms with Crippen molar-refractivity contribution in [2.24, 2.45) is 0 Å². The Kier molecular flexibility index (Phi) is 5.95. The number of rotatable bonds is 8. The molecule has 0 spiro atoms. The summed E-state index contributed by atoms with van der Waals surface area (Å²) in [5.41, 5.74) is 3.15. The Balaban J connectivity index is 1.27. The minimum atomic E-state index is -0.0394. The van der Waals surface area contributed by atoms with E-state index in [-0.39, 0.29) is 17.7 Å². The van der Waals surface area contributed by atoms with Gasteiger partial charge in [-0.2, -0.15) is 0 Å². The van der Waals surface area contributed by atoms with Crippen LogP contribution in [0.2, 0.25) is 0 Å². The number of H-pyrrole nitrogens is 1. The van der Waals surface area contributed by atoms with Crippen molar-refractivity contribution in [2.75, 3.05) is 5.75 Å². The van der Waals surface area contributed by atoms with Gasteiger partial charge in [0.15, 0.2) is 0 Å². The van der Waals surface area contributed by atoms with Gasteiger partial charge in [-0.05, 0) is 31.4 Å². The first kappa shape index (κ1) is 19.3. The fourth-order valence-electron chi connectivity index (χ4n) is 3.17. The standard InChI is InChI=1S/C22H22N4O2S/c1-15(11-12-16-7-3-2-4-8-16)24-20(27)14-29-22-26-25-21(28-22)18-13-23-19-10-6-5-9-17(18)19/h2-10,13,15,23H,11-12,14H2,1H3,(H,24,27)/t15-/m0/s1. The zero-order chi connectivity index (χ0) is 20.1. The Morgan fingerprint density at radius 2 is 1.93 bits per heavy atom. The summed E-state index contributed by atoms with van der Waals surface area (Å²) in [6.07, 6.45) is 3.69. The summed E-state index contributed by atoms with van der Waals surface area (Å²) < 4.78 is 5.74. The number of aryl methyl sites for hydroxylation is 1. The first-order valence-electron chi connectivity index (χ1n) is 9.55. The smallest absolute Gasteiger partial charge is 0.277 e. The number of hydrogen-bond donors (Lipinski definition) is 2. The molecule has 0 saturated heterocycles. The molecule has 0 bridgehead atoms. The van der Waals surface area contributed by atoms with Crippen molar-refractivity contribution in [1.29, 1.82) is 0 Å². The molecular formula is C22H22N4O2S. The lowest BCUT2D eigenvalue weighted by Crippen LogP contribution is -2.34. The number of carbonyl (C=O) groups excluding carboxylic acids is 1. The van der Waals surface area contributed by atoms with Crippen LogP contribution in [0.3, 0.4) is 0 Å². The molecule has 0 aliphatic carbocycles. The SMILES string of the molecule is C[C@@H](CCc1ccccc1)NC(=O)CSc1nnc(-c2c[nH]c3ccccc23)o1. The van der Waals surface area contributed by atoms with E-state index in [0.717, 1.165) is 29.3 Å². The van der Waals surface area contributed by atoms with Gasteiger partial charge in [-0.3, -0.25) is 4.79 Å². The first-order valence-corrected chi connectivity index (χ1v) is 10.5. The molecule has 148 valence electrons. The molecule has 0 unspecified atom stereocenters. The van der Waals surface area contributed by atoms with E-state index in [9.17, 15) is 4.79 Å². The number of aromatic nitrogens is 3. The number of nitrogens with zero attached hydrogens (tertiary/aromatic N) is 2. The largest absolute Gasteiger partial charge is 0.411 e. The van der Waals surface area contributed by atoms with E-state index in [1.807, 2.05) is 55.6 Å². The average Bonchev–Trinajstić information content (AvgIpc) is 3.38. The van der Waals surface area contributed by atoms with Gasteiger partial charge in [-0.15, -0.1) is 10.2 Å². The van der Waals surface area contributed by atoms with Crippen LogP contribution in [0, 0.1) is 0 Å². The quantitative estimate of drug-likeness (QED) is 0.423. The van der Waals surface area contributed by atoms with Gasteiger partial charge >= 0.3 is 0 Å². The molecule has 0 aliphatic heterocycles. The molecule has 0 aliphatic rings. The number of para-hydroxylation sites is 1. The van der Waals surface area contributed by atoms with E-state index < -0.39 is 0 Å². The molecule has 6 nitrogen and oxygen atoms in total. The maximum atomic E-state index is 12.2. The highest BCUT2D eigenvalue weighted by molar-refractivity contribution is 7.99. The number of thioether (sulfide) groups is 1. The zero-order valence-corrected chi connectivity index (χ0v) is 16.9. The molecule has 1 atom stereocenters. The number of hydrogen-bond acceptors (Lipinski definition) is 5. The molecular weight excluding hydrogens is 384 g/mol. The second kappa shape index (κ2) is 8.96. The molecule has 0 saturated carbocycles. The van der Waals surface area contributed by atoms with Crippen LogP contribution in [0.15, 0.2) is 70.4 Å². The molecule has 0 radical (unpaired) electrons. The first-order chi connectivity index (χ1) is 14.2. The Morgan fingerprint density at radius 1 is 1.14 bits per heavy atom. The van der Waals surface area contributed by atoms with Crippen molar-refractivity contribution in [3.63, 3.8) is 0 Å². The number of nitrogens with one attached hydrogen (secondary N) is 2. The van der Waals surface area contributed by atoms with Crippen molar-refractivity contribution in [3.8, 4) is 11.5 Å². The van der Waals surface area contributed by atoms with E-state index >= 15 is 0 Å². The van der Waals surface area contributed by atoms with Gasteiger partial charge in [0.05, 0.1) is 11.3 Å². The number of benzene rings is 2. The van der Waals surface area contributed by atoms with E-state index in [4.69, 9.17) is 4.42 Å². The summed E-state index contributed by atoms with van der Waals surface area (Å²) in [7, 11) is 0. The van der Waals surface area contributed by atoms with E-state index in [0.29, 0.717) is 11.1 Å². The van der Waals surface area contributed by atoms with Crippen molar-refractivity contribution in [1.82, 2.24) is 20.5 Å². The highest BCUT2D eigenvalue weighted by Crippen LogP contribution is 2.29. The fraction of sp³-hybridized carbons (Fsp3) is 0.227. The summed E-state index contributed by atoms with van der Waals surface area (Å²) >= 11 is 1.25. The third kappa shape index (κ3) is 4.86. The summed E-state index contributed by atoms with van der Waals surface area (Å²) in [6.45, 7) is 2.02. The highest BCUT2D eigenvalue weighted by Gasteiger charge is 2.15. The van der Waals surface area contributed by atoms with Crippen LogP contribution in [0.25, 0.3) is 22.4 Å². The second-order valence-corrected chi connectivity index (χ2v) is 7.83. The van der Waals surface area contributed by atoms with E-state index in [1.54, 1.807) is 0 Å². The average molecular weight is 407 g/mol. The van der Waals surface area contributed by atoms with Crippen LogP contribution >= 0.6 is 11.8 Å². The summed E-state index contributed by atoms with van der Waals surface area (Å²) in [5, 5.41) is 12.6. The number of carbonyl (C=O) groups is 1. The van der Waals surface area contributed by atoms with Crippen LogP contribution in [-0.2, 0) is 11.2 Å². The molecule has 0 fully saturated rings. The van der Waals surface area contributed by atoms with Crippen molar-refractivity contribution in [3.05, 3.63) is 66.4 Å². The molecule has 4 rings (SSSR count). The third-order valence-electron chi connectivity index (χ3n) is 4.67. The monoisotopic (exact) mass is 406 g/mol. The Hall–Kier alpha value is -3.06. The lowest BCUT2D eigenvalue weighted by molar-refractivity contribution is -0.119. The highest BCUT2D eigenvalue weighted by atomic mass is 32.2. The van der Waals surface area contributed by atoms with Crippen molar-refractivity contribution >= 4 is 28.6 Å². The van der Waals surface area contributed by atoms with E-state index in [1.165, 1.54) is 17.3 Å². The van der Waals surface area contributed by atoms with Gasteiger partial charge in [0.2, 0.25) is 5.91 Å². The fourth-order valence-corrected chi connectivity index (χ4v) is 3.74. The topological polar surface area (TPSA) is 83.8 Å². The third-order valence-corrected chi connectivity index (χ3v) is 5.49.